The minimum absolute atomic E-state index is 0.547. The number of nitrogens with zero attached hydrogens (tertiary/aromatic N) is 4. The Morgan fingerprint density at radius 3 is 1.54 bits per heavy atom. The van der Waals surface area contributed by atoms with E-state index >= 15 is 0 Å². The molecule has 0 unspecified atom stereocenters. The van der Waals surface area contributed by atoms with Crippen LogP contribution < -0.4 is 0 Å². The second kappa shape index (κ2) is 17.5. The zero-order valence-electron chi connectivity index (χ0n) is 22.6. The fourth-order valence-corrected chi connectivity index (χ4v) is 3.28. The van der Waals surface area contributed by atoms with E-state index in [1.54, 1.807) is 17.7 Å². The van der Waals surface area contributed by atoms with E-state index in [0.717, 1.165) is 5.69 Å². The van der Waals surface area contributed by atoms with E-state index in [9.17, 15) is 0 Å². The van der Waals surface area contributed by atoms with Crippen LogP contribution in [0.5, 0.6) is 0 Å². The molecular weight excluding hydrogens is 448 g/mol. The van der Waals surface area contributed by atoms with Crippen LogP contribution in [0, 0.1) is 0 Å². The number of aromatic nitrogens is 4. The molecule has 35 heavy (non-hydrogen) atoms. The van der Waals surface area contributed by atoms with Gasteiger partial charge in [0, 0.05) is 47.8 Å². The van der Waals surface area contributed by atoms with Gasteiger partial charge >= 0.3 is 0 Å². The minimum atomic E-state index is 0.547. The van der Waals surface area contributed by atoms with Crippen molar-refractivity contribution in [1.29, 1.82) is 0 Å². The highest BCUT2D eigenvalue weighted by Gasteiger charge is 1.98. The van der Waals surface area contributed by atoms with Crippen LogP contribution in [0.4, 0.5) is 0 Å². The van der Waals surface area contributed by atoms with E-state index in [1.807, 2.05) is 67.4 Å². The Hall–Kier alpha value is -2.92. The van der Waals surface area contributed by atoms with E-state index in [0.29, 0.717) is 23.7 Å². The summed E-state index contributed by atoms with van der Waals surface area (Å²) < 4.78 is 3.99. The summed E-state index contributed by atoms with van der Waals surface area (Å²) in [5.74, 6) is 2.40. The lowest BCUT2D eigenvalue weighted by Gasteiger charge is -2.01. The number of hydrogen-bond acceptors (Lipinski definition) is 5. The highest BCUT2D eigenvalue weighted by Crippen LogP contribution is 2.16. The van der Waals surface area contributed by atoms with Gasteiger partial charge in [0.1, 0.15) is 0 Å². The first-order valence-corrected chi connectivity index (χ1v) is 13.1. The quantitative estimate of drug-likeness (QED) is 0.286. The fraction of sp³-hybridized carbons (Fsp3) is 0.400. The summed E-state index contributed by atoms with van der Waals surface area (Å²) in [4.78, 5) is 13.5. The van der Waals surface area contributed by atoms with Gasteiger partial charge in [-0.1, -0.05) is 67.5 Å². The van der Waals surface area contributed by atoms with Crippen molar-refractivity contribution in [2.75, 3.05) is 0 Å². The van der Waals surface area contributed by atoms with Crippen molar-refractivity contribution >= 4 is 11.5 Å². The molecule has 4 nitrogen and oxygen atoms in total. The molecule has 5 heteroatoms. The van der Waals surface area contributed by atoms with E-state index < -0.39 is 0 Å². The second-order valence-electron chi connectivity index (χ2n) is 9.36. The zero-order valence-corrected chi connectivity index (χ0v) is 23.4. The molecule has 0 bridgehead atoms. The SMILES string of the molecule is CC(C)c1ccccn1.CC(C)c1cccnc1.CC(C)c1ccncc1.CC(C)c1ccns1. The molecule has 0 radical (unpaired) electrons. The largest absolute Gasteiger partial charge is 0.265 e. The Bertz CT molecular complexity index is 881. The first kappa shape index (κ1) is 30.1. The molecule has 4 aromatic heterocycles. The second-order valence-corrected chi connectivity index (χ2v) is 10.2. The standard InChI is InChI=1S/3C8H11N.C6H9NS/c1-7(2)8-3-5-9-6-4-8;1-7(2)8-4-3-5-9-6-8;1-7(2)8-5-3-4-6-9-8;1-5(2)6-3-4-7-8-6/h3*3-7H,1-2H3;3-5H,1-2H3. The van der Waals surface area contributed by atoms with Crippen molar-refractivity contribution in [3.63, 3.8) is 0 Å². The predicted octanol–water partition coefficient (Wildman–Crippen LogP) is 8.88. The van der Waals surface area contributed by atoms with Gasteiger partial charge in [-0.05, 0) is 82.7 Å². The first-order valence-electron chi connectivity index (χ1n) is 12.3. The third kappa shape index (κ3) is 13.5. The summed E-state index contributed by atoms with van der Waals surface area (Å²) in [5.41, 5.74) is 3.82. The predicted molar refractivity (Wildman–Crippen MR) is 151 cm³/mol. The summed E-state index contributed by atoms with van der Waals surface area (Å²) in [7, 11) is 0. The summed E-state index contributed by atoms with van der Waals surface area (Å²) >= 11 is 1.58. The maximum absolute atomic E-state index is 4.18. The van der Waals surface area contributed by atoms with E-state index in [2.05, 4.69) is 86.8 Å². The lowest BCUT2D eigenvalue weighted by atomic mass is 10.1. The molecule has 4 aromatic rings. The number of rotatable bonds is 4. The van der Waals surface area contributed by atoms with E-state index in [-0.39, 0.29) is 0 Å². The molecule has 0 aliphatic rings. The Morgan fingerprint density at radius 1 is 0.543 bits per heavy atom. The van der Waals surface area contributed by atoms with Crippen LogP contribution in [0.1, 0.15) is 101 Å². The van der Waals surface area contributed by atoms with Crippen LogP contribution in [0.3, 0.4) is 0 Å². The normalized spacial score (nSPS) is 10.2. The van der Waals surface area contributed by atoms with Crippen molar-refractivity contribution in [3.8, 4) is 0 Å². The zero-order chi connectivity index (χ0) is 26.1. The van der Waals surface area contributed by atoms with Crippen molar-refractivity contribution in [3.05, 3.63) is 107 Å². The molecule has 0 atom stereocenters. The highest BCUT2D eigenvalue weighted by molar-refractivity contribution is 7.05. The maximum atomic E-state index is 4.18. The average molecular weight is 491 g/mol. The Kier molecular flexibility index (Phi) is 15.1. The van der Waals surface area contributed by atoms with Gasteiger partial charge in [0.15, 0.2) is 0 Å². The molecule has 0 N–H and O–H groups in total. The van der Waals surface area contributed by atoms with Crippen LogP contribution in [0.2, 0.25) is 0 Å². The lowest BCUT2D eigenvalue weighted by molar-refractivity contribution is 0.823. The van der Waals surface area contributed by atoms with Gasteiger partial charge in [-0.2, -0.15) is 0 Å². The van der Waals surface area contributed by atoms with Gasteiger partial charge < -0.3 is 0 Å². The van der Waals surface area contributed by atoms with Crippen LogP contribution in [-0.2, 0) is 0 Å². The van der Waals surface area contributed by atoms with Gasteiger partial charge in [-0.3, -0.25) is 15.0 Å². The molecule has 0 fully saturated rings. The van der Waals surface area contributed by atoms with Crippen LogP contribution >= 0.6 is 11.5 Å². The van der Waals surface area contributed by atoms with Crippen molar-refractivity contribution in [2.45, 2.75) is 79.1 Å². The number of hydrogen-bond donors (Lipinski definition) is 0. The van der Waals surface area contributed by atoms with Crippen LogP contribution in [0.15, 0.2) is 85.7 Å². The van der Waals surface area contributed by atoms with Crippen LogP contribution in [0.25, 0.3) is 0 Å². The third-order valence-corrected chi connectivity index (χ3v) is 6.08. The monoisotopic (exact) mass is 490 g/mol. The molecule has 0 saturated carbocycles. The molecule has 0 amide bonds. The van der Waals surface area contributed by atoms with Gasteiger partial charge in [0.25, 0.3) is 0 Å². The summed E-state index contributed by atoms with van der Waals surface area (Å²) in [6.45, 7) is 17.3. The van der Waals surface area contributed by atoms with Crippen molar-refractivity contribution in [2.24, 2.45) is 0 Å². The summed E-state index contributed by atoms with van der Waals surface area (Å²) in [6.07, 6.45) is 11.0. The third-order valence-electron chi connectivity index (χ3n) is 5.03. The van der Waals surface area contributed by atoms with Gasteiger partial charge in [-0.15, -0.1) is 0 Å². The molecule has 4 heterocycles. The Morgan fingerprint density at radius 2 is 1.23 bits per heavy atom. The van der Waals surface area contributed by atoms with E-state index in [4.69, 9.17) is 0 Å². The summed E-state index contributed by atoms with van der Waals surface area (Å²) in [6, 6.07) is 16.2. The molecule has 0 spiro atoms. The Balaban J connectivity index is 0.000000234. The molecule has 188 valence electrons. The molecule has 0 aliphatic carbocycles. The van der Waals surface area contributed by atoms with Crippen molar-refractivity contribution in [1.82, 2.24) is 19.3 Å². The van der Waals surface area contributed by atoms with Gasteiger partial charge in [-0.25, -0.2) is 4.37 Å². The minimum Gasteiger partial charge on any atom is -0.265 e. The molecule has 4 rings (SSSR count). The summed E-state index contributed by atoms with van der Waals surface area (Å²) in [5, 5.41) is 0. The maximum Gasteiger partial charge on any atom is 0.0428 e. The van der Waals surface area contributed by atoms with Crippen LogP contribution in [-0.4, -0.2) is 19.3 Å². The fourth-order valence-electron chi connectivity index (χ4n) is 2.71. The molecule has 0 aliphatic heterocycles. The molecule has 0 saturated heterocycles. The first-order chi connectivity index (χ1) is 16.7. The van der Waals surface area contributed by atoms with Gasteiger partial charge in [0.05, 0.1) is 0 Å². The van der Waals surface area contributed by atoms with E-state index in [1.165, 1.54) is 16.0 Å². The van der Waals surface area contributed by atoms with Gasteiger partial charge in [0.2, 0.25) is 0 Å². The highest BCUT2D eigenvalue weighted by atomic mass is 32.1. The topological polar surface area (TPSA) is 51.6 Å². The smallest absolute Gasteiger partial charge is 0.0428 e. The lowest BCUT2D eigenvalue weighted by Crippen LogP contribution is -1.88. The average Bonchev–Trinajstić information content (AvgIpc) is 3.43. The Labute approximate surface area is 217 Å². The number of pyridine rings is 3. The molecular formula is C30H42N4S. The van der Waals surface area contributed by atoms with Crippen molar-refractivity contribution < 1.29 is 0 Å². The molecule has 0 aromatic carbocycles.